The molecule has 0 saturated carbocycles. The third kappa shape index (κ3) is 3.92. The lowest BCUT2D eigenvalue weighted by atomic mass is 10.0. The number of nitrogens with zero attached hydrogens (tertiary/aromatic N) is 3. The second-order valence-corrected chi connectivity index (χ2v) is 6.51. The third-order valence-electron chi connectivity index (χ3n) is 3.33. The molecular formula is C16H19N5OS. The number of aromatic amines is 1. The zero-order chi connectivity index (χ0) is 16.2. The summed E-state index contributed by atoms with van der Waals surface area (Å²) >= 11 is 1.54. The summed E-state index contributed by atoms with van der Waals surface area (Å²) in [5, 5.41) is 15.1. The number of anilines is 2. The number of aromatic nitrogens is 4. The monoisotopic (exact) mass is 329 g/mol. The van der Waals surface area contributed by atoms with Gasteiger partial charge in [0, 0.05) is 17.5 Å². The summed E-state index contributed by atoms with van der Waals surface area (Å²) < 4.78 is 5.05. The highest BCUT2D eigenvalue weighted by atomic mass is 32.2. The van der Waals surface area contributed by atoms with Crippen molar-refractivity contribution in [1.82, 2.24) is 20.3 Å². The number of hydrogen-bond donors (Lipinski definition) is 2. The summed E-state index contributed by atoms with van der Waals surface area (Å²) in [5.74, 6) is 2.50. The Labute approximate surface area is 139 Å². The van der Waals surface area contributed by atoms with E-state index in [-0.39, 0.29) is 0 Å². The molecule has 3 rings (SSSR count). The summed E-state index contributed by atoms with van der Waals surface area (Å²) in [4.78, 5) is 4.45. The van der Waals surface area contributed by atoms with Crippen molar-refractivity contribution in [3.8, 4) is 0 Å². The molecule has 2 heterocycles. The van der Waals surface area contributed by atoms with Crippen LogP contribution in [0.2, 0.25) is 0 Å². The summed E-state index contributed by atoms with van der Waals surface area (Å²) in [7, 11) is 0. The van der Waals surface area contributed by atoms with Crippen molar-refractivity contribution in [2.24, 2.45) is 0 Å². The van der Waals surface area contributed by atoms with Crippen LogP contribution in [0.4, 0.5) is 11.6 Å². The number of thioether (sulfide) groups is 1. The number of nitrogens with one attached hydrogen (secondary N) is 2. The van der Waals surface area contributed by atoms with E-state index in [0.717, 1.165) is 22.3 Å². The first-order chi connectivity index (χ1) is 11.1. The van der Waals surface area contributed by atoms with E-state index in [0.29, 0.717) is 17.6 Å². The molecule has 6 nitrogen and oxygen atoms in total. The summed E-state index contributed by atoms with van der Waals surface area (Å²) in [6.45, 7) is 6.21. The molecular weight excluding hydrogens is 310 g/mol. The van der Waals surface area contributed by atoms with Crippen LogP contribution in [0.15, 0.2) is 40.0 Å². The lowest BCUT2D eigenvalue weighted by Crippen LogP contribution is -1.98. The molecule has 0 unspecified atom stereocenters. The maximum atomic E-state index is 5.05. The zero-order valence-electron chi connectivity index (χ0n) is 13.3. The minimum atomic E-state index is 0.432. The topological polar surface area (TPSA) is 79.6 Å². The van der Waals surface area contributed by atoms with Crippen LogP contribution in [0, 0.1) is 6.92 Å². The molecule has 0 saturated heterocycles. The van der Waals surface area contributed by atoms with Gasteiger partial charge in [-0.1, -0.05) is 49.0 Å². The molecule has 1 aromatic carbocycles. The van der Waals surface area contributed by atoms with Gasteiger partial charge in [0.2, 0.25) is 5.95 Å². The van der Waals surface area contributed by atoms with Crippen LogP contribution in [-0.2, 0) is 5.75 Å². The normalized spacial score (nSPS) is 11.1. The van der Waals surface area contributed by atoms with Gasteiger partial charge in [0.1, 0.15) is 5.76 Å². The number of benzene rings is 1. The fraction of sp³-hybridized carbons (Fsp3) is 0.312. The first kappa shape index (κ1) is 15.6. The molecule has 7 heteroatoms. The van der Waals surface area contributed by atoms with Gasteiger partial charge in [-0.25, -0.2) is 0 Å². The second kappa shape index (κ2) is 6.87. The zero-order valence-corrected chi connectivity index (χ0v) is 14.1. The number of H-pyrrole nitrogens is 1. The molecule has 0 radical (unpaired) electrons. The van der Waals surface area contributed by atoms with Gasteiger partial charge in [0.15, 0.2) is 5.16 Å². The van der Waals surface area contributed by atoms with Crippen LogP contribution in [-0.4, -0.2) is 20.3 Å². The number of hydrogen-bond acceptors (Lipinski definition) is 6. The average molecular weight is 329 g/mol. The Hall–Kier alpha value is -2.28. The van der Waals surface area contributed by atoms with Gasteiger partial charge in [0.25, 0.3) is 0 Å². The maximum Gasteiger partial charge on any atom is 0.247 e. The quantitative estimate of drug-likeness (QED) is 0.658. The van der Waals surface area contributed by atoms with Gasteiger partial charge >= 0.3 is 0 Å². The van der Waals surface area contributed by atoms with Crippen LogP contribution < -0.4 is 5.32 Å². The predicted octanol–water partition coefficient (Wildman–Crippen LogP) is 4.26. The van der Waals surface area contributed by atoms with E-state index in [1.54, 1.807) is 0 Å². The van der Waals surface area contributed by atoms with E-state index in [2.05, 4.69) is 45.6 Å². The molecule has 120 valence electrons. The SMILES string of the molecule is Cc1cc(CSc2nc(Nc3ccccc3C(C)C)n[nH]2)no1. The number of aryl methyl sites for hydroxylation is 1. The Morgan fingerprint density at radius 3 is 2.87 bits per heavy atom. The first-order valence-electron chi connectivity index (χ1n) is 7.45. The van der Waals surface area contributed by atoms with Gasteiger partial charge in [-0.05, 0) is 24.5 Å². The molecule has 3 aromatic rings. The highest BCUT2D eigenvalue weighted by Crippen LogP contribution is 2.26. The lowest BCUT2D eigenvalue weighted by molar-refractivity contribution is 0.393. The lowest BCUT2D eigenvalue weighted by Gasteiger charge is -2.12. The minimum absolute atomic E-state index is 0.432. The molecule has 0 bridgehead atoms. The second-order valence-electron chi connectivity index (χ2n) is 5.55. The van der Waals surface area contributed by atoms with Crippen LogP contribution in [0.3, 0.4) is 0 Å². The molecule has 0 spiro atoms. The van der Waals surface area contributed by atoms with Gasteiger partial charge in [0.05, 0.1) is 5.69 Å². The van der Waals surface area contributed by atoms with E-state index in [1.807, 2.05) is 31.2 Å². The van der Waals surface area contributed by atoms with Crippen LogP contribution in [0.5, 0.6) is 0 Å². The highest BCUT2D eigenvalue weighted by molar-refractivity contribution is 7.98. The van der Waals surface area contributed by atoms with Gasteiger partial charge in [-0.2, -0.15) is 4.98 Å². The molecule has 0 amide bonds. The highest BCUT2D eigenvalue weighted by Gasteiger charge is 2.10. The largest absolute Gasteiger partial charge is 0.361 e. The molecule has 2 N–H and O–H groups in total. The third-order valence-corrected chi connectivity index (χ3v) is 4.22. The van der Waals surface area contributed by atoms with Gasteiger partial charge in [-0.3, -0.25) is 5.10 Å². The van der Waals surface area contributed by atoms with Crippen LogP contribution >= 0.6 is 11.8 Å². The van der Waals surface area contributed by atoms with Crippen LogP contribution in [0.1, 0.15) is 36.8 Å². The Kier molecular flexibility index (Phi) is 4.66. The van der Waals surface area contributed by atoms with E-state index in [1.165, 1.54) is 17.3 Å². The van der Waals surface area contributed by atoms with E-state index in [4.69, 9.17) is 4.52 Å². The van der Waals surface area contributed by atoms with Crippen molar-refractivity contribution in [3.05, 3.63) is 47.3 Å². The average Bonchev–Trinajstić information content (AvgIpc) is 3.14. The summed E-state index contributed by atoms with van der Waals surface area (Å²) in [5.41, 5.74) is 3.17. The Morgan fingerprint density at radius 1 is 1.30 bits per heavy atom. The van der Waals surface area contributed by atoms with Crippen molar-refractivity contribution < 1.29 is 4.52 Å². The Balaban J connectivity index is 1.65. The molecule has 0 atom stereocenters. The fourth-order valence-corrected chi connectivity index (χ4v) is 2.91. The Morgan fingerprint density at radius 2 is 2.13 bits per heavy atom. The summed E-state index contributed by atoms with van der Waals surface area (Å²) in [6, 6.07) is 10.1. The van der Waals surface area contributed by atoms with Crippen molar-refractivity contribution >= 4 is 23.4 Å². The summed E-state index contributed by atoms with van der Waals surface area (Å²) in [6.07, 6.45) is 0. The fourth-order valence-electron chi connectivity index (χ4n) is 2.23. The van der Waals surface area contributed by atoms with Gasteiger partial charge < -0.3 is 9.84 Å². The minimum Gasteiger partial charge on any atom is -0.361 e. The number of rotatable bonds is 6. The maximum absolute atomic E-state index is 5.05. The molecule has 0 fully saturated rings. The number of para-hydroxylation sites is 1. The molecule has 0 aliphatic carbocycles. The van der Waals surface area contributed by atoms with Crippen molar-refractivity contribution in [1.29, 1.82) is 0 Å². The standard InChI is InChI=1S/C16H19N5OS/c1-10(2)13-6-4-5-7-14(13)17-15-18-16(20-19-15)23-9-12-8-11(3)22-21-12/h4-8,10H,9H2,1-3H3,(H2,17,18,19,20). The predicted molar refractivity (Wildman–Crippen MR) is 91.0 cm³/mol. The molecule has 0 aliphatic rings. The first-order valence-corrected chi connectivity index (χ1v) is 8.43. The van der Waals surface area contributed by atoms with E-state index < -0.39 is 0 Å². The van der Waals surface area contributed by atoms with Crippen LogP contribution in [0.25, 0.3) is 0 Å². The van der Waals surface area contributed by atoms with Crippen molar-refractivity contribution in [3.63, 3.8) is 0 Å². The van der Waals surface area contributed by atoms with E-state index >= 15 is 0 Å². The smallest absolute Gasteiger partial charge is 0.247 e. The van der Waals surface area contributed by atoms with E-state index in [9.17, 15) is 0 Å². The molecule has 0 aliphatic heterocycles. The molecule has 23 heavy (non-hydrogen) atoms. The van der Waals surface area contributed by atoms with Crippen molar-refractivity contribution in [2.75, 3.05) is 5.32 Å². The van der Waals surface area contributed by atoms with Crippen molar-refractivity contribution in [2.45, 2.75) is 37.6 Å². The Bertz CT molecular complexity index is 780. The molecule has 2 aromatic heterocycles. The van der Waals surface area contributed by atoms with Gasteiger partial charge in [-0.15, -0.1) is 5.10 Å².